The normalized spacial score (nSPS) is 13.9. The number of esters is 2. The zero-order chi connectivity index (χ0) is 41.4. The van der Waals surface area contributed by atoms with Crippen LogP contribution in [0.1, 0.15) is 206 Å². The van der Waals surface area contributed by atoms with E-state index in [1.807, 2.05) is 0 Å². The molecule has 3 atom stereocenters. The molecule has 0 spiro atoms. The van der Waals surface area contributed by atoms with Crippen LogP contribution in [0, 0.1) is 0 Å². The molecular formula is C44H82NO10P. The minimum absolute atomic E-state index is 0.142. The summed E-state index contributed by atoms with van der Waals surface area (Å²) in [6.45, 7) is 2.78. The van der Waals surface area contributed by atoms with Crippen molar-refractivity contribution in [1.82, 2.24) is 0 Å². The van der Waals surface area contributed by atoms with Gasteiger partial charge in [-0.15, -0.1) is 0 Å². The lowest BCUT2D eigenvalue weighted by atomic mass is 10.1. The largest absolute Gasteiger partial charge is 0.480 e. The number of unbranched alkanes of at least 4 members (excludes halogenated alkanes) is 24. The van der Waals surface area contributed by atoms with E-state index in [0.29, 0.717) is 12.8 Å². The second kappa shape index (κ2) is 39.8. The van der Waals surface area contributed by atoms with Crippen LogP contribution in [0.25, 0.3) is 0 Å². The van der Waals surface area contributed by atoms with Gasteiger partial charge in [0.1, 0.15) is 12.6 Å². The Kier molecular flexibility index (Phi) is 38.3. The van der Waals surface area contributed by atoms with E-state index in [1.165, 1.54) is 122 Å². The molecule has 1 unspecified atom stereocenters. The van der Waals surface area contributed by atoms with Crippen LogP contribution in [-0.4, -0.2) is 59.9 Å². The van der Waals surface area contributed by atoms with Crippen LogP contribution in [0.3, 0.4) is 0 Å². The van der Waals surface area contributed by atoms with E-state index < -0.39 is 51.1 Å². The minimum Gasteiger partial charge on any atom is -0.480 e. The molecule has 0 saturated heterocycles. The van der Waals surface area contributed by atoms with Gasteiger partial charge in [0.25, 0.3) is 0 Å². The van der Waals surface area contributed by atoms with Gasteiger partial charge < -0.3 is 25.2 Å². The second-order valence-corrected chi connectivity index (χ2v) is 16.6. The van der Waals surface area contributed by atoms with E-state index in [1.54, 1.807) is 0 Å². The Labute approximate surface area is 340 Å². The Hall–Kier alpha value is -2.04. The number of aliphatic carboxylic acids is 1. The Bertz CT molecular complexity index is 1050. The van der Waals surface area contributed by atoms with Crippen molar-refractivity contribution in [2.24, 2.45) is 5.73 Å². The fourth-order valence-corrected chi connectivity index (χ4v) is 6.89. The number of nitrogens with two attached hydrogens (primary N) is 1. The number of hydrogen-bond acceptors (Lipinski definition) is 9. The molecule has 328 valence electrons. The summed E-state index contributed by atoms with van der Waals surface area (Å²) in [5, 5.41) is 8.88. The molecule has 0 aromatic rings. The van der Waals surface area contributed by atoms with Crippen LogP contribution >= 0.6 is 7.82 Å². The molecule has 0 aliphatic rings. The van der Waals surface area contributed by atoms with Crippen molar-refractivity contribution < 1.29 is 47.5 Å². The fourth-order valence-electron chi connectivity index (χ4n) is 6.11. The monoisotopic (exact) mass is 816 g/mol. The number of allylic oxidation sites excluding steroid dienone is 4. The quantitative estimate of drug-likeness (QED) is 0.0232. The highest BCUT2D eigenvalue weighted by atomic mass is 31.2. The van der Waals surface area contributed by atoms with E-state index >= 15 is 0 Å². The lowest BCUT2D eigenvalue weighted by Gasteiger charge is -2.20. The number of phosphoric ester groups is 1. The number of rotatable bonds is 42. The van der Waals surface area contributed by atoms with Crippen molar-refractivity contribution in [2.45, 2.75) is 219 Å². The summed E-state index contributed by atoms with van der Waals surface area (Å²) in [6.07, 6.45) is 41.0. The molecule has 0 saturated carbocycles. The van der Waals surface area contributed by atoms with Crippen LogP contribution in [0.5, 0.6) is 0 Å². The van der Waals surface area contributed by atoms with Gasteiger partial charge in [-0.05, 0) is 64.2 Å². The van der Waals surface area contributed by atoms with Gasteiger partial charge in [-0.1, -0.05) is 154 Å². The molecule has 0 aromatic carbocycles. The first-order valence-corrected chi connectivity index (χ1v) is 23.9. The zero-order valence-corrected chi connectivity index (χ0v) is 36.4. The van der Waals surface area contributed by atoms with Crippen LogP contribution < -0.4 is 5.73 Å². The first kappa shape index (κ1) is 54.0. The molecule has 0 fully saturated rings. The van der Waals surface area contributed by atoms with Crippen LogP contribution in [0.4, 0.5) is 0 Å². The summed E-state index contributed by atoms with van der Waals surface area (Å²) in [5.74, 6) is -2.39. The Morgan fingerprint density at radius 2 is 0.893 bits per heavy atom. The second-order valence-electron chi connectivity index (χ2n) is 15.2. The molecule has 0 bridgehead atoms. The van der Waals surface area contributed by atoms with Gasteiger partial charge >= 0.3 is 25.7 Å². The average Bonchev–Trinajstić information content (AvgIpc) is 3.17. The first-order valence-electron chi connectivity index (χ1n) is 22.4. The van der Waals surface area contributed by atoms with Gasteiger partial charge in [-0.2, -0.15) is 0 Å². The maximum absolute atomic E-state index is 12.6. The highest BCUT2D eigenvalue weighted by Crippen LogP contribution is 2.43. The Morgan fingerprint density at radius 1 is 0.536 bits per heavy atom. The first-order chi connectivity index (χ1) is 27.1. The lowest BCUT2D eigenvalue weighted by Crippen LogP contribution is -2.34. The zero-order valence-electron chi connectivity index (χ0n) is 35.5. The van der Waals surface area contributed by atoms with E-state index in [0.717, 1.165) is 44.9 Å². The minimum atomic E-state index is -4.72. The molecule has 11 nitrogen and oxygen atoms in total. The molecule has 12 heteroatoms. The molecule has 56 heavy (non-hydrogen) atoms. The third-order valence-electron chi connectivity index (χ3n) is 9.67. The van der Waals surface area contributed by atoms with Crippen molar-refractivity contribution in [1.29, 1.82) is 0 Å². The van der Waals surface area contributed by atoms with Crippen molar-refractivity contribution in [3.63, 3.8) is 0 Å². The molecular weight excluding hydrogens is 733 g/mol. The fraction of sp³-hybridized carbons (Fsp3) is 0.841. The number of carboxylic acids is 1. The van der Waals surface area contributed by atoms with Gasteiger partial charge in [-0.25, -0.2) is 4.57 Å². The van der Waals surface area contributed by atoms with Crippen LogP contribution in [0.15, 0.2) is 24.3 Å². The van der Waals surface area contributed by atoms with E-state index in [4.69, 9.17) is 24.8 Å². The molecule has 0 rings (SSSR count). The smallest absolute Gasteiger partial charge is 0.472 e. The average molecular weight is 816 g/mol. The predicted octanol–water partition coefficient (Wildman–Crippen LogP) is 11.8. The molecule has 0 aliphatic carbocycles. The van der Waals surface area contributed by atoms with Crippen molar-refractivity contribution in [2.75, 3.05) is 19.8 Å². The van der Waals surface area contributed by atoms with Gasteiger partial charge in [0.05, 0.1) is 13.2 Å². The highest BCUT2D eigenvalue weighted by Gasteiger charge is 2.28. The summed E-state index contributed by atoms with van der Waals surface area (Å²) < 4.78 is 32.7. The van der Waals surface area contributed by atoms with E-state index in [2.05, 4.69) is 42.7 Å². The molecule has 0 radical (unpaired) electrons. The van der Waals surface area contributed by atoms with Gasteiger partial charge in [0.2, 0.25) is 0 Å². The Morgan fingerprint density at radius 3 is 1.32 bits per heavy atom. The van der Waals surface area contributed by atoms with Gasteiger partial charge in [-0.3, -0.25) is 23.4 Å². The van der Waals surface area contributed by atoms with Crippen molar-refractivity contribution in [3.05, 3.63) is 24.3 Å². The molecule has 0 aromatic heterocycles. The molecule has 0 amide bonds. The highest BCUT2D eigenvalue weighted by molar-refractivity contribution is 7.47. The third-order valence-corrected chi connectivity index (χ3v) is 10.6. The summed E-state index contributed by atoms with van der Waals surface area (Å²) in [4.78, 5) is 45.9. The van der Waals surface area contributed by atoms with E-state index in [-0.39, 0.29) is 19.4 Å². The predicted molar refractivity (Wildman–Crippen MR) is 226 cm³/mol. The van der Waals surface area contributed by atoms with Crippen molar-refractivity contribution in [3.8, 4) is 0 Å². The van der Waals surface area contributed by atoms with Crippen molar-refractivity contribution >= 4 is 25.7 Å². The van der Waals surface area contributed by atoms with E-state index in [9.17, 15) is 23.8 Å². The Balaban J connectivity index is 4.31. The maximum Gasteiger partial charge on any atom is 0.472 e. The third kappa shape index (κ3) is 38.8. The standard InChI is InChI=1S/C44H82NO10P/c1-3-5-7-9-11-13-15-17-18-19-20-21-22-24-25-27-29-31-33-35-42(46)52-37-40(38-53-56(50,51)54-39-41(45)44(48)49)55-43(47)36-34-32-30-28-26-23-16-14-12-10-8-6-4-2/h17-18,23,26,40-41H,3-16,19-22,24-25,27-39,45H2,1-2H3,(H,48,49)(H,50,51)/b18-17+,26-23+/t40-,41+/m0/s1. The maximum atomic E-state index is 12.6. The SMILES string of the molecule is CCCCCCCC/C=C/CCCCCCCCCCCC(=O)OC[C@@H](COP(=O)(O)OC[C@@H](N)C(=O)O)OC(=O)CCCCC/C=C/CCCCCCCC. The summed E-state index contributed by atoms with van der Waals surface area (Å²) in [6, 6.07) is -1.52. The van der Waals surface area contributed by atoms with Gasteiger partial charge in [0, 0.05) is 12.8 Å². The van der Waals surface area contributed by atoms with Crippen LogP contribution in [-0.2, 0) is 37.5 Å². The number of phosphoric acid groups is 1. The number of ether oxygens (including phenoxy) is 2. The van der Waals surface area contributed by atoms with Gasteiger partial charge in [0.15, 0.2) is 6.10 Å². The number of carbonyl (C=O) groups excluding carboxylic acids is 2. The number of carboxylic acid groups (broad SMARTS) is 1. The molecule has 0 aliphatic heterocycles. The molecule has 4 N–H and O–H groups in total. The molecule has 0 heterocycles. The summed E-state index contributed by atoms with van der Waals surface area (Å²) in [5.41, 5.74) is 5.33. The summed E-state index contributed by atoms with van der Waals surface area (Å²) >= 11 is 0. The summed E-state index contributed by atoms with van der Waals surface area (Å²) in [7, 11) is -4.72. The lowest BCUT2D eigenvalue weighted by molar-refractivity contribution is -0.161. The topological polar surface area (TPSA) is 172 Å². The number of carbonyl (C=O) groups is 3. The van der Waals surface area contributed by atoms with Crippen LogP contribution in [0.2, 0.25) is 0 Å². The number of hydrogen-bond donors (Lipinski definition) is 3.